The molecule has 0 atom stereocenters. The first-order valence-corrected chi connectivity index (χ1v) is 10.9. The lowest BCUT2D eigenvalue weighted by atomic mass is 9.86. The second kappa shape index (κ2) is 8.97. The normalized spacial score (nSPS) is 19.0. The Morgan fingerprint density at radius 2 is 1.91 bits per heavy atom. The van der Waals surface area contributed by atoms with Crippen molar-refractivity contribution < 1.29 is 14.6 Å². The molecule has 0 unspecified atom stereocenters. The van der Waals surface area contributed by atoms with Crippen LogP contribution in [-0.2, 0) is 4.74 Å². The van der Waals surface area contributed by atoms with Gasteiger partial charge in [-0.05, 0) is 76.6 Å². The summed E-state index contributed by atoms with van der Waals surface area (Å²) >= 11 is 0. The zero-order chi connectivity index (χ0) is 22.7. The second-order valence-corrected chi connectivity index (χ2v) is 9.16. The van der Waals surface area contributed by atoms with Crippen LogP contribution in [0.4, 0.5) is 10.7 Å². The molecule has 4 rings (SSSR count). The molecule has 170 valence electrons. The van der Waals surface area contributed by atoms with Crippen molar-refractivity contribution in [3.8, 4) is 11.4 Å². The maximum absolute atomic E-state index is 11.9. The van der Waals surface area contributed by atoms with E-state index in [1.807, 2.05) is 20.8 Å². The molecule has 1 fully saturated rings. The standard InChI is InChI=1S/C22H29N7O3/c1-22(2,3)32-21(31)24-12-14-4-6-15(7-5-14)25-20-23-13-18-19(26-20)29(28-27-18)16-8-10-17(30)11-9-16/h8-11,13-15,30H,4-7,12H2,1-3H3,(H,24,31)(H,23,25,26). The van der Waals surface area contributed by atoms with Crippen molar-refractivity contribution in [1.29, 1.82) is 0 Å². The number of rotatable bonds is 5. The van der Waals surface area contributed by atoms with E-state index in [1.54, 1.807) is 35.1 Å². The summed E-state index contributed by atoms with van der Waals surface area (Å²) < 4.78 is 6.93. The number of alkyl carbamates (subject to hydrolysis) is 1. The minimum Gasteiger partial charge on any atom is -0.508 e. The Balaban J connectivity index is 1.33. The van der Waals surface area contributed by atoms with Gasteiger partial charge < -0.3 is 20.5 Å². The van der Waals surface area contributed by atoms with Crippen molar-refractivity contribution in [2.75, 3.05) is 11.9 Å². The van der Waals surface area contributed by atoms with Crippen molar-refractivity contribution >= 4 is 23.2 Å². The predicted octanol–water partition coefficient (Wildman–Crippen LogP) is 3.41. The molecule has 0 saturated heterocycles. The van der Waals surface area contributed by atoms with Crippen molar-refractivity contribution in [2.24, 2.45) is 5.92 Å². The molecule has 1 amide bonds. The van der Waals surface area contributed by atoms with Crippen LogP contribution in [0.1, 0.15) is 46.5 Å². The number of phenolic OH excluding ortho intramolecular Hbond substituents is 1. The van der Waals surface area contributed by atoms with Crippen molar-refractivity contribution in [2.45, 2.75) is 58.1 Å². The topological polar surface area (TPSA) is 127 Å². The number of aromatic hydroxyl groups is 1. The Labute approximate surface area is 186 Å². The van der Waals surface area contributed by atoms with Gasteiger partial charge in [0.25, 0.3) is 0 Å². The van der Waals surface area contributed by atoms with Crippen LogP contribution in [-0.4, -0.2) is 54.3 Å². The quantitative estimate of drug-likeness (QED) is 0.552. The van der Waals surface area contributed by atoms with Crippen LogP contribution in [0.5, 0.6) is 5.75 Å². The Bertz CT molecular complexity index is 1070. The first-order valence-electron chi connectivity index (χ1n) is 10.9. The SMILES string of the molecule is CC(C)(C)OC(=O)NCC1CCC(Nc2ncc3nnn(-c4ccc(O)cc4)c3n2)CC1. The largest absolute Gasteiger partial charge is 0.508 e. The molecule has 1 saturated carbocycles. The molecule has 1 aliphatic rings. The zero-order valence-electron chi connectivity index (χ0n) is 18.6. The van der Waals surface area contributed by atoms with Gasteiger partial charge in [0.05, 0.1) is 11.9 Å². The van der Waals surface area contributed by atoms with Gasteiger partial charge >= 0.3 is 6.09 Å². The third kappa shape index (κ3) is 5.43. The average molecular weight is 440 g/mol. The van der Waals surface area contributed by atoms with Crippen LogP contribution in [0, 0.1) is 5.92 Å². The van der Waals surface area contributed by atoms with E-state index in [0.717, 1.165) is 31.4 Å². The van der Waals surface area contributed by atoms with E-state index < -0.39 is 5.60 Å². The number of aromatic nitrogens is 5. The molecule has 32 heavy (non-hydrogen) atoms. The van der Waals surface area contributed by atoms with E-state index in [4.69, 9.17) is 4.74 Å². The molecule has 3 N–H and O–H groups in total. The third-order valence-electron chi connectivity index (χ3n) is 5.40. The Morgan fingerprint density at radius 3 is 2.59 bits per heavy atom. The van der Waals surface area contributed by atoms with Gasteiger partial charge in [0, 0.05) is 12.6 Å². The molecule has 0 radical (unpaired) electrons. The van der Waals surface area contributed by atoms with Crippen molar-refractivity contribution in [3.63, 3.8) is 0 Å². The maximum Gasteiger partial charge on any atom is 0.407 e. The minimum atomic E-state index is -0.486. The van der Waals surface area contributed by atoms with E-state index in [-0.39, 0.29) is 17.9 Å². The monoisotopic (exact) mass is 439 g/mol. The fourth-order valence-corrected chi connectivity index (χ4v) is 3.80. The highest BCUT2D eigenvalue weighted by molar-refractivity contribution is 5.72. The first kappa shape index (κ1) is 21.8. The maximum atomic E-state index is 11.9. The fraction of sp³-hybridized carbons (Fsp3) is 0.500. The van der Waals surface area contributed by atoms with Crippen LogP contribution in [0.15, 0.2) is 30.5 Å². The van der Waals surface area contributed by atoms with Gasteiger partial charge in [0.2, 0.25) is 5.95 Å². The molecule has 10 heteroatoms. The lowest BCUT2D eigenvalue weighted by Crippen LogP contribution is -2.37. The highest BCUT2D eigenvalue weighted by Gasteiger charge is 2.23. The van der Waals surface area contributed by atoms with Crippen LogP contribution in [0.25, 0.3) is 16.9 Å². The predicted molar refractivity (Wildman–Crippen MR) is 120 cm³/mol. The van der Waals surface area contributed by atoms with Gasteiger partial charge in [-0.1, -0.05) is 5.21 Å². The molecule has 2 heterocycles. The second-order valence-electron chi connectivity index (χ2n) is 9.16. The van der Waals surface area contributed by atoms with Gasteiger partial charge in [-0.15, -0.1) is 5.10 Å². The number of amides is 1. The van der Waals surface area contributed by atoms with Crippen LogP contribution in [0.3, 0.4) is 0 Å². The number of hydrogen-bond acceptors (Lipinski definition) is 8. The summed E-state index contributed by atoms with van der Waals surface area (Å²) in [5.41, 5.74) is 1.47. The number of ether oxygens (including phenoxy) is 1. The van der Waals surface area contributed by atoms with E-state index in [9.17, 15) is 9.90 Å². The first-order chi connectivity index (χ1) is 15.3. The Morgan fingerprint density at radius 1 is 1.19 bits per heavy atom. The van der Waals surface area contributed by atoms with Crippen LogP contribution in [0.2, 0.25) is 0 Å². The van der Waals surface area contributed by atoms with Crippen molar-refractivity contribution in [1.82, 2.24) is 30.3 Å². The summed E-state index contributed by atoms with van der Waals surface area (Å²) in [5.74, 6) is 1.16. The molecule has 1 aromatic carbocycles. The molecular weight excluding hydrogens is 410 g/mol. The highest BCUT2D eigenvalue weighted by Crippen LogP contribution is 2.26. The van der Waals surface area contributed by atoms with E-state index in [2.05, 4.69) is 30.9 Å². The number of nitrogens with zero attached hydrogens (tertiary/aromatic N) is 5. The molecule has 0 bridgehead atoms. The third-order valence-corrected chi connectivity index (χ3v) is 5.40. The number of fused-ring (bicyclic) bond motifs is 1. The Kier molecular flexibility index (Phi) is 6.11. The molecule has 0 spiro atoms. The van der Waals surface area contributed by atoms with Crippen LogP contribution >= 0.6 is 0 Å². The fourth-order valence-electron chi connectivity index (χ4n) is 3.80. The van der Waals surface area contributed by atoms with Gasteiger partial charge in [-0.3, -0.25) is 0 Å². The summed E-state index contributed by atoms with van der Waals surface area (Å²) in [6.07, 6.45) is 5.24. The number of carbonyl (C=O) groups excluding carboxylic acids is 1. The number of anilines is 1. The number of phenols is 1. The summed E-state index contributed by atoms with van der Waals surface area (Å²) in [6.45, 7) is 6.20. The average Bonchev–Trinajstić information content (AvgIpc) is 3.16. The summed E-state index contributed by atoms with van der Waals surface area (Å²) in [4.78, 5) is 20.9. The summed E-state index contributed by atoms with van der Waals surface area (Å²) in [5, 5.41) is 24.1. The van der Waals surface area contributed by atoms with E-state index >= 15 is 0 Å². The minimum absolute atomic E-state index is 0.187. The molecule has 2 aromatic heterocycles. The molecule has 1 aliphatic carbocycles. The highest BCUT2D eigenvalue weighted by atomic mass is 16.6. The lowest BCUT2D eigenvalue weighted by Gasteiger charge is -2.29. The lowest BCUT2D eigenvalue weighted by molar-refractivity contribution is 0.0515. The number of hydrogen-bond donors (Lipinski definition) is 3. The van der Waals surface area contributed by atoms with E-state index in [1.165, 1.54) is 0 Å². The summed E-state index contributed by atoms with van der Waals surface area (Å²) in [6, 6.07) is 6.97. The van der Waals surface area contributed by atoms with Crippen LogP contribution < -0.4 is 10.6 Å². The van der Waals surface area contributed by atoms with Gasteiger partial charge in [0.1, 0.15) is 11.4 Å². The molecule has 0 aliphatic heterocycles. The number of benzene rings is 1. The van der Waals surface area contributed by atoms with Gasteiger partial charge in [-0.25, -0.2) is 9.78 Å². The molecule has 3 aromatic rings. The summed E-state index contributed by atoms with van der Waals surface area (Å²) in [7, 11) is 0. The molecule has 10 nitrogen and oxygen atoms in total. The zero-order valence-corrected chi connectivity index (χ0v) is 18.6. The van der Waals surface area contributed by atoms with Crippen molar-refractivity contribution in [3.05, 3.63) is 30.5 Å². The number of nitrogens with one attached hydrogen (secondary N) is 2. The smallest absolute Gasteiger partial charge is 0.407 e. The van der Waals surface area contributed by atoms with Gasteiger partial charge in [-0.2, -0.15) is 9.67 Å². The molecular formula is C22H29N7O3. The van der Waals surface area contributed by atoms with Gasteiger partial charge in [0.15, 0.2) is 11.2 Å². The Hall–Kier alpha value is -3.43. The number of carbonyl (C=O) groups is 1. The van der Waals surface area contributed by atoms with E-state index in [0.29, 0.717) is 29.6 Å².